The van der Waals surface area contributed by atoms with Crippen LogP contribution in [0.2, 0.25) is 0 Å². The lowest BCUT2D eigenvalue weighted by Crippen LogP contribution is -2.12. The average Bonchev–Trinajstić information content (AvgIpc) is 2.87. The number of anilines is 1. The molecule has 114 valence electrons. The number of carbonyl (C=O) groups is 1. The standard InChI is InChI=1S/C18H20N2O2/c1-12(7-18(21)22)15-9-16(11-19-10-15)13-3-4-17-14(8-13)5-6-20(17)2/h3-4,8-12H,5-7H2,1-2H3,(H,21,22). The van der Waals surface area contributed by atoms with E-state index in [4.69, 9.17) is 5.11 Å². The molecule has 1 aromatic heterocycles. The zero-order valence-corrected chi connectivity index (χ0v) is 12.9. The summed E-state index contributed by atoms with van der Waals surface area (Å²) in [4.78, 5) is 17.4. The molecule has 1 aliphatic heterocycles. The Morgan fingerprint density at radius 3 is 2.91 bits per heavy atom. The molecule has 0 spiro atoms. The second-order valence-electron chi connectivity index (χ2n) is 6.02. The minimum atomic E-state index is -0.779. The van der Waals surface area contributed by atoms with Gasteiger partial charge < -0.3 is 10.0 Å². The molecule has 2 heterocycles. The minimum Gasteiger partial charge on any atom is -0.481 e. The summed E-state index contributed by atoms with van der Waals surface area (Å²) in [6.07, 6.45) is 4.80. The third kappa shape index (κ3) is 2.82. The Balaban J connectivity index is 1.91. The normalized spacial score (nSPS) is 14.7. The first-order valence-electron chi connectivity index (χ1n) is 7.56. The third-order valence-electron chi connectivity index (χ3n) is 4.35. The zero-order valence-electron chi connectivity index (χ0n) is 12.9. The molecule has 1 unspecified atom stereocenters. The van der Waals surface area contributed by atoms with Crippen molar-refractivity contribution < 1.29 is 9.90 Å². The number of carboxylic acids is 1. The largest absolute Gasteiger partial charge is 0.481 e. The number of rotatable bonds is 4. The van der Waals surface area contributed by atoms with Crippen molar-refractivity contribution in [2.75, 3.05) is 18.5 Å². The molecule has 0 fully saturated rings. The molecule has 1 atom stereocenters. The lowest BCUT2D eigenvalue weighted by molar-refractivity contribution is -0.137. The van der Waals surface area contributed by atoms with Crippen molar-refractivity contribution in [2.24, 2.45) is 0 Å². The van der Waals surface area contributed by atoms with Crippen LogP contribution in [0.4, 0.5) is 5.69 Å². The first-order chi connectivity index (χ1) is 10.5. The van der Waals surface area contributed by atoms with Crippen LogP contribution in [0.25, 0.3) is 11.1 Å². The lowest BCUT2D eigenvalue weighted by atomic mass is 9.96. The van der Waals surface area contributed by atoms with Crippen molar-refractivity contribution in [1.29, 1.82) is 0 Å². The molecule has 3 rings (SSSR count). The highest BCUT2D eigenvalue weighted by Gasteiger charge is 2.16. The lowest BCUT2D eigenvalue weighted by Gasteiger charge is -2.13. The topological polar surface area (TPSA) is 53.4 Å². The number of benzene rings is 1. The number of carboxylic acid groups (broad SMARTS) is 1. The number of aliphatic carboxylic acids is 1. The molecule has 0 radical (unpaired) electrons. The zero-order chi connectivity index (χ0) is 15.7. The molecule has 4 nitrogen and oxygen atoms in total. The predicted octanol–water partition coefficient (Wildman–Crippen LogP) is 3.32. The van der Waals surface area contributed by atoms with Gasteiger partial charge in [-0.05, 0) is 47.2 Å². The molecule has 4 heteroatoms. The van der Waals surface area contributed by atoms with Crippen molar-refractivity contribution in [2.45, 2.75) is 25.7 Å². The van der Waals surface area contributed by atoms with Gasteiger partial charge in [0.05, 0.1) is 6.42 Å². The maximum Gasteiger partial charge on any atom is 0.303 e. The molecule has 0 amide bonds. The first-order valence-corrected chi connectivity index (χ1v) is 7.56. The number of nitrogens with zero attached hydrogens (tertiary/aromatic N) is 2. The maximum absolute atomic E-state index is 10.9. The smallest absolute Gasteiger partial charge is 0.303 e. The summed E-state index contributed by atoms with van der Waals surface area (Å²) in [5.41, 5.74) is 5.83. The molecule has 22 heavy (non-hydrogen) atoms. The van der Waals surface area contributed by atoms with Gasteiger partial charge in [0.1, 0.15) is 0 Å². The van der Waals surface area contributed by atoms with Crippen LogP contribution < -0.4 is 4.90 Å². The second-order valence-corrected chi connectivity index (χ2v) is 6.02. The quantitative estimate of drug-likeness (QED) is 0.940. The second kappa shape index (κ2) is 5.79. The summed E-state index contributed by atoms with van der Waals surface area (Å²) >= 11 is 0. The first kappa shape index (κ1) is 14.6. The van der Waals surface area contributed by atoms with E-state index in [1.807, 2.05) is 13.1 Å². The third-order valence-corrected chi connectivity index (χ3v) is 4.35. The van der Waals surface area contributed by atoms with Gasteiger partial charge in [-0.15, -0.1) is 0 Å². The molecule has 0 bridgehead atoms. The van der Waals surface area contributed by atoms with E-state index in [1.165, 1.54) is 11.3 Å². The van der Waals surface area contributed by atoms with Crippen molar-refractivity contribution in [3.63, 3.8) is 0 Å². The van der Waals surface area contributed by atoms with Crippen LogP contribution in [0.15, 0.2) is 36.7 Å². The summed E-state index contributed by atoms with van der Waals surface area (Å²) in [6, 6.07) is 8.55. The number of hydrogen-bond acceptors (Lipinski definition) is 3. The molecule has 0 aliphatic carbocycles. The van der Waals surface area contributed by atoms with E-state index >= 15 is 0 Å². The van der Waals surface area contributed by atoms with E-state index in [-0.39, 0.29) is 12.3 Å². The molecule has 0 saturated carbocycles. The Morgan fingerprint density at radius 1 is 1.32 bits per heavy atom. The van der Waals surface area contributed by atoms with E-state index in [0.717, 1.165) is 29.7 Å². The van der Waals surface area contributed by atoms with E-state index in [9.17, 15) is 4.79 Å². The van der Waals surface area contributed by atoms with Gasteiger partial charge >= 0.3 is 5.97 Å². The monoisotopic (exact) mass is 296 g/mol. The highest BCUT2D eigenvalue weighted by molar-refractivity contribution is 5.71. The van der Waals surface area contributed by atoms with Crippen LogP contribution in [0.3, 0.4) is 0 Å². The Hall–Kier alpha value is -2.36. The van der Waals surface area contributed by atoms with Crippen LogP contribution in [0.5, 0.6) is 0 Å². The van der Waals surface area contributed by atoms with Gasteiger partial charge in [0.15, 0.2) is 0 Å². The van der Waals surface area contributed by atoms with Gasteiger partial charge in [-0.1, -0.05) is 13.0 Å². The number of fused-ring (bicyclic) bond motifs is 1. The van der Waals surface area contributed by atoms with Crippen LogP contribution >= 0.6 is 0 Å². The van der Waals surface area contributed by atoms with Gasteiger partial charge in [0, 0.05) is 37.2 Å². The molecule has 1 aromatic carbocycles. The summed E-state index contributed by atoms with van der Waals surface area (Å²) in [7, 11) is 2.11. The van der Waals surface area contributed by atoms with Crippen LogP contribution in [-0.4, -0.2) is 29.7 Å². The molecule has 0 saturated heterocycles. The highest BCUT2D eigenvalue weighted by Crippen LogP contribution is 2.32. The van der Waals surface area contributed by atoms with Crippen LogP contribution in [-0.2, 0) is 11.2 Å². The summed E-state index contributed by atoms with van der Waals surface area (Å²) < 4.78 is 0. The van der Waals surface area contributed by atoms with Crippen molar-refractivity contribution in [3.8, 4) is 11.1 Å². The van der Waals surface area contributed by atoms with Gasteiger partial charge in [0.2, 0.25) is 0 Å². The molecule has 1 aliphatic rings. The van der Waals surface area contributed by atoms with Gasteiger partial charge in [-0.2, -0.15) is 0 Å². The Morgan fingerprint density at radius 2 is 2.14 bits per heavy atom. The van der Waals surface area contributed by atoms with Crippen molar-refractivity contribution in [1.82, 2.24) is 4.98 Å². The van der Waals surface area contributed by atoms with Crippen LogP contribution in [0.1, 0.15) is 30.4 Å². The molecular weight excluding hydrogens is 276 g/mol. The van der Waals surface area contributed by atoms with Gasteiger partial charge in [0.25, 0.3) is 0 Å². The SMILES string of the molecule is CC(CC(=O)O)c1cncc(-c2ccc3c(c2)CCN3C)c1. The Kier molecular flexibility index (Phi) is 3.84. The fourth-order valence-corrected chi connectivity index (χ4v) is 3.01. The van der Waals surface area contributed by atoms with Gasteiger partial charge in [-0.3, -0.25) is 9.78 Å². The number of hydrogen-bond donors (Lipinski definition) is 1. The van der Waals surface area contributed by atoms with E-state index in [1.54, 1.807) is 6.20 Å². The van der Waals surface area contributed by atoms with Gasteiger partial charge in [-0.25, -0.2) is 0 Å². The molecule has 1 N–H and O–H groups in total. The summed E-state index contributed by atoms with van der Waals surface area (Å²) in [5, 5.41) is 8.94. The highest BCUT2D eigenvalue weighted by atomic mass is 16.4. The molecule has 2 aromatic rings. The van der Waals surface area contributed by atoms with Crippen molar-refractivity contribution in [3.05, 3.63) is 47.8 Å². The van der Waals surface area contributed by atoms with Crippen molar-refractivity contribution >= 4 is 11.7 Å². The average molecular weight is 296 g/mol. The molecular formula is C18H20N2O2. The number of likely N-dealkylation sites (N-methyl/N-ethyl adjacent to an activating group) is 1. The maximum atomic E-state index is 10.9. The summed E-state index contributed by atoms with van der Waals surface area (Å²) in [5.74, 6) is -0.816. The van der Waals surface area contributed by atoms with E-state index in [2.05, 4.69) is 41.2 Å². The van der Waals surface area contributed by atoms with Crippen LogP contribution in [0, 0.1) is 0 Å². The fraction of sp³-hybridized carbons (Fsp3) is 0.333. The number of aromatic nitrogens is 1. The number of pyridine rings is 1. The Bertz CT molecular complexity index is 712. The minimum absolute atomic E-state index is 0.0366. The summed E-state index contributed by atoms with van der Waals surface area (Å²) in [6.45, 7) is 2.99. The fourth-order valence-electron chi connectivity index (χ4n) is 3.01. The predicted molar refractivity (Wildman–Crippen MR) is 87.3 cm³/mol. The van der Waals surface area contributed by atoms with E-state index < -0.39 is 5.97 Å². The van der Waals surface area contributed by atoms with E-state index in [0.29, 0.717) is 0 Å². The Labute approximate surface area is 130 Å².